The maximum absolute atomic E-state index is 12.7. The van der Waals surface area contributed by atoms with Gasteiger partial charge in [0.2, 0.25) is 5.88 Å². The zero-order valence-electron chi connectivity index (χ0n) is 17.2. The molecule has 1 aliphatic carbocycles. The second-order valence-electron chi connectivity index (χ2n) is 7.61. The molecule has 3 aromatic rings. The first-order chi connectivity index (χ1) is 14.6. The number of carbonyl (C=O) groups excluding carboxylic acids is 1. The van der Waals surface area contributed by atoms with Crippen molar-refractivity contribution >= 4 is 5.91 Å². The van der Waals surface area contributed by atoms with E-state index in [-0.39, 0.29) is 18.1 Å². The van der Waals surface area contributed by atoms with Crippen LogP contribution in [0.2, 0.25) is 0 Å². The first-order valence-electron chi connectivity index (χ1n) is 10.2. The zero-order valence-corrected chi connectivity index (χ0v) is 17.2. The number of nitrogens with zero attached hydrogens (tertiary/aromatic N) is 2. The van der Waals surface area contributed by atoms with Crippen LogP contribution in [-0.2, 0) is 0 Å². The predicted molar refractivity (Wildman–Crippen MR) is 114 cm³/mol. The smallest absolute Gasteiger partial charge is 0.269 e. The molecule has 7 heteroatoms. The maximum atomic E-state index is 12.7. The van der Waals surface area contributed by atoms with E-state index in [2.05, 4.69) is 20.5 Å². The molecule has 0 saturated heterocycles. The lowest BCUT2D eigenvalue weighted by molar-refractivity contribution is 0.0885. The van der Waals surface area contributed by atoms with Gasteiger partial charge in [-0.1, -0.05) is 18.2 Å². The Labute approximate surface area is 175 Å². The lowest BCUT2D eigenvalue weighted by Gasteiger charge is -2.29. The molecule has 7 nitrogen and oxygen atoms in total. The van der Waals surface area contributed by atoms with Crippen LogP contribution in [0.25, 0.3) is 11.3 Å². The summed E-state index contributed by atoms with van der Waals surface area (Å²) in [5, 5.41) is 10.2. The summed E-state index contributed by atoms with van der Waals surface area (Å²) in [4.78, 5) is 17.0. The number of hydrogen-bond acceptors (Lipinski definition) is 5. The molecule has 1 amide bonds. The van der Waals surface area contributed by atoms with Gasteiger partial charge in [0.1, 0.15) is 17.5 Å². The summed E-state index contributed by atoms with van der Waals surface area (Å²) < 4.78 is 11.3. The fourth-order valence-corrected chi connectivity index (χ4v) is 3.72. The number of aromatic amines is 1. The maximum Gasteiger partial charge on any atom is 0.269 e. The molecule has 4 rings (SSSR count). The molecule has 0 unspecified atom stereocenters. The number of benzene rings is 1. The Kier molecular flexibility index (Phi) is 5.97. The highest BCUT2D eigenvalue weighted by atomic mass is 16.5. The third-order valence-electron chi connectivity index (χ3n) is 5.39. The minimum Gasteiger partial charge on any atom is -0.496 e. The second-order valence-corrected chi connectivity index (χ2v) is 7.61. The van der Waals surface area contributed by atoms with Crippen molar-refractivity contribution < 1.29 is 14.3 Å². The van der Waals surface area contributed by atoms with Crippen LogP contribution in [0.4, 0.5) is 0 Å². The Bertz CT molecular complexity index is 992. The SMILES string of the molecule is COc1ccccc1-c1cc(C(=O)NC2CCC(Oc3ccc(C)cn3)CC2)[nH]n1. The number of aryl methyl sites for hydroxylation is 1. The number of ether oxygens (including phenoxy) is 2. The van der Waals surface area contributed by atoms with E-state index in [1.165, 1.54) is 0 Å². The molecule has 1 fully saturated rings. The van der Waals surface area contributed by atoms with Gasteiger partial charge in [0, 0.05) is 23.9 Å². The first kappa shape index (κ1) is 19.9. The number of carbonyl (C=O) groups is 1. The van der Waals surface area contributed by atoms with Crippen molar-refractivity contribution in [1.82, 2.24) is 20.5 Å². The lowest BCUT2D eigenvalue weighted by atomic mass is 9.93. The van der Waals surface area contributed by atoms with E-state index in [4.69, 9.17) is 9.47 Å². The van der Waals surface area contributed by atoms with Crippen LogP contribution < -0.4 is 14.8 Å². The Hall–Kier alpha value is -3.35. The molecule has 2 N–H and O–H groups in total. The minimum absolute atomic E-state index is 0.126. The molecule has 2 heterocycles. The van der Waals surface area contributed by atoms with Crippen LogP contribution in [-0.4, -0.2) is 40.3 Å². The van der Waals surface area contributed by atoms with Crippen molar-refractivity contribution in [2.24, 2.45) is 0 Å². The number of hydrogen-bond donors (Lipinski definition) is 2. The molecular weight excluding hydrogens is 380 g/mol. The van der Waals surface area contributed by atoms with Gasteiger partial charge in [-0.3, -0.25) is 9.89 Å². The molecule has 0 radical (unpaired) electrons. The van der Waals surface area contributed by atoms with Gasteiger partial charge in [-0.25, -0.2) is 4.98 Å². The van der Waals surface area contributed by atoms with Crippen LogP contribution in [0, 0.1) is 6.92 Å². The monoisotopic (exact) mass is 406 g/mol. The van der Waals surface area contributed by atoms with Crippen LogP contribution in [0.1, 0.15) is 41.7 Å². The Morgan fingerprint density at radius 2 is 1.93 bits per heavy atom. The fourth-order valence-electron chi connectivity index (χ4n) is 3.72. The van der Waals surface area contributed by atoms with Crippen molar-refractivity contribution in [1.29, 1.82) is 0 Å². The molecule has 0 aliphatic heterocycles. The average Bonchev–Trinajstić information content (AvgIpc) is 3.27. The van der Waals surface area contributed by atoms with Gasteiger partial charge in [-0.05, 0) is 56.4 Å². The molecule has 1 saturated carbocycles. The number of amides is 1. The van der Waals surface area contributed by atoms with Crippen LogP contribution in [0.5, 0.6) is 11.6 Å². The molecule has 0 spiro atoms. The quantitative estimate of drug-likeness (QED) is 0.648. The summed E-state index contributed by atoms with van der Waals surface area (Å²) in [6, 6.07) is 13.4. The normalized spacial score (nSPS) is 18.6. The standard InChI is InChI=1S/C23H26N4O3/c1-15-7-12-22(24-14-15)30-17-10-8-16(9-11-17)25-23(28)20-13-19(26-27-20)18-5-3-4-6-21(18)29-2/h3-7,12-14,16-17H,8-11H2,1-2H3,(H,25,28)(H,26,27). The summed E-state index contributed by atoms with van der Waals surface area (Å²) >= 11 is 0. The summed E-state index contributed by atoms with van der Waals surface area (Å²) in [5.74, 6) is 1.24. The molecular formula is C23H26N4O3. The van der Waals surface area contributed by atoms with Crippen molar-refractivity contribution in [3.05, 3.63) is 59.9 Å². The number of H-pyrrole nitrogens is 1. The number of aromatic nitrogens is 3. The van der Waals surface area contributed by atoms with Gasteiger partial charge in [-0.15, -0.1) is 0 Å². The molecule has 0 bridgehead atoms. The van der Waals surface area contributed by atoms with Crippen molar-refractivity contribution in [2.45, 2.75) is 44.8 Å². The number of pyridine rings is 1. The van der Waals surface area contributed by atoms with Gasteiger partial charge < -0.3 is 14.8 Å². The lowest BCUT2D eigenvalue weighted by Crippen LogP contribution is -2.39. The van der Waals surface area contributed by atoms with Crippen LogP contribution in [0.3, 0.4) is 0 Å². The Balaban J connectivity index is 1.31. The van der Waals surface area contributed by atoms with Crippen molar-refractivity contribution in [3.63, 3.8) is 0 Å². The summed E-state index contributed by atoms with van der Waals surface area (Å²) in [6.07, 6.45) is 5.46. The molecule has 30 heavy (non-hydrogen) atoms. The second kappa shape index (κ2) is 8.98. The Morgan fingerprint density at radius 1 is 1.13 bits per heavy atom. The molecule has 156 valence electrons. The fraction of sp³-hybridized carbons (Fsp3) is 0.348. The highest BCUT2D eigenvalue weighted by molar-refractivity contribution is 5.93. The summed E-state index contributed by atoms with van der Waals surface area (Å²) in [5.41, 5.74) is 3.08. The molecule has 0 atom stereocenters. The van der Waals surface area contributed by atoms with Crippen molar-refractivity contribution in [2.75, 3.05) is 7.11 Å². The number of rotatable bonds is 6. The van der Waals surface area contributed by atoms with E-state index >= 15 is 0 Å². The highest BCUT2D eigenvalue weighted by Crippen LogP contribution is 2.28. The van der Waals surface area contributed by atoms with E-state index in [0.29, 0.717) is 17.3 Å². The molecule has 1 aliphatic rings. The third kappa shape index (κ3) is 4.62. The van der Waals surface area contributed by atoms with Gasteiger partial charge in [0.15, 0.2) is 0 Å². The van der Waals surface area contributed by atoms with E-state index < -0.39 is 0 Å². The summed E-state index contributed by atoms with van der Waals surface area (Å²) in [6.45, 7) is 2.00. The minimum atomic E-state index is -0.145. The topological polar surface area (TPSA) is 89.1 Å². The summed E-state index contributed by atoms with van der Waals surface area (Å²) in [7, 11) is 1.62. The van der Waals surface area contributed by atoms with Crippen molar-refractivity contribution in [3.8, 4) is 22.9 Å². The predicted octanol–water partition coefficient (Wildman–Crippen LogP) is 3.91. The van der Waals surface area contributed by atoms with E-state index in [1.807, 2.05) is 49.5 Å². The highest BCUT2D eigenvalue weighted by Gasteiger charge is 2.25. The van der Waals surface area contributed by atoms with Gasteiger partial charge in [0.25, 0.3) is 5.91 Å². The van der Waals surface area contributed by atoms with E-state index in [9.17, 15) is 4.79 Å². The first-order valence-corrected chi connectivity index (χ1v) is 10.2. The van der Waals surface area contributed by atoms with Crippen LogP contribution >= 0.6 is 0 Å². The van der Waals surface area contributed by atoms with Crippen LogP contribution in [0.15, 0.2) is 48.7 Å². The molecule has 2 aromatic heterocycles. The van der Waals surface area contributed by atoms with E-state index in [1.54, 1.807) is 13.2 Å². The largest absolute Gasteiger partial charge is 0.496 e. The molecule has 1 aromatic carbocycles. The van der Waals surface area contributed by atoms with Gasteiger partial charge >= 0.3 is 0 Å². The number of methoxy groups -OCH3 is 1. The average molecular weight is 406 g/mol. The number of nitrogens with one attached hydrogen (secondary N) is 2. The Morgan fingerprint density at radius 3 is 2.67 bits per heavy atom. The van der Waals surface area contributed by atoms with E-state index in [0.717, 1.165) is 42.6 Å². The van der Waals surface area contributed by atoms with Gasteiger partial charge in [0.05, 0.1) is 12.8 Å². The number of para-hydroxylation sites is 1. The van der Waals surface area contributed by atoms with Gasteiger partial charge in [-0.2, -0.15) is 5.10 Å². The third-order valence-corrected chi connectivity index (χ3v) is 5.39. The zero-order chi connectivity index (χ0) is 20.9.